The number of nitrogens with one attached hydrogen (secondary N) is 2. The fraction of sp³-hybridized carbons (Fsp3) is 0.0500. The Morgan fingerprint density at radius 2 is 1.30 bits per heavy atom. The highest BCUT2D eigenvalue weighted by Crippen LogP contribution is 2.34. The Kier molecular flexibility index (Phi) is 9.61. The summed E-state index contributed by atoms with van der Waals surface area (Å²) < 4.78 is 6.13. The average molecular weight is 639 g/mol. The molecule has 6 aromatic rings. The van der Waals surface area contributed by atoms with Crippen LogP contribution < -0.4 is 15.4 Å². The van der Waals surface area contributed by atoms with Crippen LogP contribution in [0.15, 0.2) is 152 Å². The number of carboxylic acids is 1. The molecule has 0 spiro atoms. The summed E-state index contributed by atoms with van der Waals surface area (Å²) in [6, 6.07) is 46.9. The molecule has 7 heteroatoms. The molecule has 6 nitrogen and oxygen atoms in total. The lowest BCUT2D eigenvalue weighted by Gasteiger charge is -2.20. The number of anilines is 2. The van der Waals surface area contributed by atoms with Gasteiger partial charge in [-0.2, -0.15) is 0 Å². The third kappa shape index (κ3) is 7.87. The van der Waals surface area contributed by atoms with Gasteiger partial charge in [0.2, 0.25) is 0 Å². The number of amides is 1. The molecule has 0 bridgehead atoms. The van der Waals surface area contributed by atoms with E-state index in [9.17, 15) is 14.7 Å². The summed E-state index contributed by atoms with van der Waals surface area (Å²) in [4.78, 5) is 25.6. The first kappa shape index (κ1) is 31.1. The number of hydrogen-bond acceptors (Lipinski definition) is 4. The first-order valence-electron chi connectivity index (χ1n) is 15.1. The Morgan fingerprint density at radius 3 is 2.00 bits per heavy atom. The molecule has 6 aromatic carbocycles. The van der Waals surface area contributed by atoms with Gasteiger partial charge in [-0.05, 0) is 70.8 Å². The van der Waals surface area contributed by atoms with E-state index in [1.54, 1.807) is 18.2 Å². The monoisotopic (exact) mass is 638 g/mol. The van der Waals surface area contributed by atoms with Crippen LogP contribution in [0.3, 0.4) is 0 Å². The molecule has 1 atom stereocenters. The van der Waals surface area contributed by atoms with Crippen molar-refractivity contribution in [2.75, 3.05) is 5.32 Å². The third-order valence-corrected chi connectivity index (χ3v) is 7.90. The first-order valence-corrected chi connectivity index (χ1v) is 15.5. The maximum atomic E-state index is 13.7. The van der Waals surface area contributed by atoms with Crippen LogP contribution in [-0.4, -0.2) is 17.0 Å². The summed E-state index contributed by atoms with van der Waals surface area (Å²) in [5, 5.41) is 16.4. The van der Waals surface area contributed by atoms with Crippen LogP contribution in [0.5, 0.6) is 11.5 Å². The van der Waals surface area contributed by atoms with Crippen molar-refractivity contribution in [2.24, 2.45) is 0 Å². The Bertz CT molecular complexity index is 1980. The van der Waals surface area contributed by atoms with E-state index in [4.69, 9.17) is 16.3 Å². The van der Waals surface area contributed by atoms with Crippen LogP contribution in [-0.2, 0) is 4.79 Å². The van der Waals surface area contributed by atoms with Gasteiger partial charge in [-0.1, -0.05) is 115 Å². The van der Waals surface area contributed by atoms with Gasteiger partial charge in [0.05, 0.1) is 23.7 Å². The van der Waals surface area contributed by atoms with Crippen LogP contribution in [0.2, 0.25) is 5.02 Å². The van der Waals surface area contributed by atoms with Gasteiger partial charge in [-0.15, -0.1) is 0 Å². The van der Waals surface area contributed by atoms with E-state index < -0.39 is 17.9 Å². The Hall–Kier alpha value is -5.85. The maximum absolute atomic E-state index is 13.7. The smallest absolute Gasteiger partial charge is 0.305 e. The summed E-state index contributed by atoms with van der Waals surface area (Å²) in [6.07, 6.45) is -0.303. The lowest BCUT2D eigenvalue weighted by atomic mass is 9.98. The van der Waals surface area contributed by atoms with E-state index in [-0.39, 0.29) is 6.42 Å². The van der Waals surface area contributed by atoms with Gasteiger partial charge < -0.3 is 20.5 Å². The van der Waals surface area contributed by atoms with E-state index in [2.05, 4.69) is 10.6 Å². The summed E-state index contributed by atoms with van der Waals surface area (Å²) in [7, 11) is 0. The van der Waals surface area contributed by atoms with Gasteiger partial charge in [0.25, 0.3) is 5.91 Å². The van der Waals surface area contributed by atoms with Gasteiger partial charge in [-0.3, -0.25) is 9.59 Å². The molecule has 0 fully saturated rings. The van der Waals surface area contributed by atoms with E-state index in [1.165, 1.54) is 0 Å². The van der Waals surface area contributed by atoms with E-state index in [1.807, 2.05) is 133 Å². The molecule has 6 rings (SSSR count). The van der Waals surface area contributed by atoms with Crippen molar-refractivity contribution in [1.29, 1.82) is 0 Å². The number of ether oxygens (including phenoxy) is 1. The zero-order valence-electron chi connectivity index (χ0n) is 25.3. The van der Waals surface area contributed by atoms with Crippen molar-refractivity contribution < 1.29 is 19.4 Å². The van der Waals surface area contributed by atoms with Crippen molar-refractivity contribution in [2.45, 2.75) is 12.5 Å². The molecule has 0 aromatic heterocycles. The molecule has 1 unspecified atom stereocenters. The standard InChI is InChI=1S/C40H31ClN2O4/c41-31-21-24-36(42-32-22-19-28(20-23-32)27-9-3-1-4-10-27)35(25-31)40(46)43-37(26-39(44)45)30-17-15-29(16-18-30)34-13-7-8-14-38(34)47-33-11-5-2-6-12-33/h1-25,37,42H,26H2,(H,43,46)(H,44,45). The highest BCUT2D eigenvalue weighted by atomic mass is 35.5. The van der Waals surface area contributed by atoms with Gasteiger partial charge in [0.1, 0.15) is 11.5 Å². The third-order valence-electron chi connectivity index (χ3n) is 7.66. The van der Waals surface area contributed by atoms with E-state index in [0.29, 0.717) is 27.6 Å². The van der Waals surface area contributed by atoms with E-state index >= 15 is 0 Å². The van der Waals surface area contributed by atoms with Crippen molar-refractivity contribution in [1.82, 2.24) is 5.32 Å². The number of benzene rings is 6. The second kappa shape index (κ2) is 14.5. The fourth-order valence-corrected chi connectivity index (χ4v) is 5.49. The summed E-state index contributed by atoms with van der Waals surface area (Å²) in [6.45, 7) is 0. The van der Waals surface area contributed by atoms with Crippen molar-refractivity contribution >= 4 is 34.9 Å². The van der Waals surface area contributed by atoms with Crippen molar-refractivity contribution in [3.05, 3.63) is 168 Å². The summed E-state index contributed by atoms with van der Waals surface area (Å²) >= 11 is 6.32. The molecule has 232 valence electrons. The Labute approximate surface area is 278 Å². The van der Waals surface area contributed by atoms with Crippen LogP contribution in [0.1, 0.15) is 28.4 Å². The predicted octanol–water partition coefficient (Wildman–Crippen LogP) is 10.2. The SMILES string of the molecule is O=C(O)CC(NC(=O)c1cc(Cl)ccc1Nc1ccc(-c2ccccc2)cc1)c1ccc(-c2ccccc2Oc2ccccc2)cc1. The molecule has 47 heavy (non-hydrogen) atoms. The summed E-state index contributed by atoms with van der Waals surface area (Å²) in [5.41, 5.74) is 6.22. The van der Waals surface area contributed by atoms with Gasteiger partial charge >= 0.3 is 5.97 Å². The topological polar surface area (TPSA) is 87.7 Å². The quantitative estimate of drug-likeness (QED) is 0.131. The normalized spacial score (nSPS) is 11.3. The highest BCUT2D eigenvalue weighted by Gasteiger charge is 2.22. The molecule has 1 amide bonds. The first-order chi connectivity index (χ1) is 22.9. The van der Waals surface area contributed by atoms with Crippen LogP contribution in [0.4, 0.5) is 11.4 Å². The minimum atomic E-state index is -1.04. The molecular weight excluding hydrogens is 608 g/mol. The number of carboxylic acid groups (broad SMARTS) is 1. The minimum absolute atomic E-state index is 0.295. The van der Waals surface area contributed by atoms with Gasteiger partial charge in [0.15, 0.2) is 0 Å². The molecule has 0 aliphatic heterocycles. The van der Waals surface area contributed by atoms with Crippen molar-refractivity contribution in [3.8, 4) is 33.8 Å². The number of para-hydroxylation sites is 2. The molecule has 0 radical (unpaired) electrons. The number of carbonyl (C=O) groups excluding carboxylic acids is 1. The number of aliphatic carboxylic acids is 1. The molecule has 3 N–H and O–H groups in total. The number of carbonyl (C=O) groups is 2. The Morgan fingerprint density at radius 1 is 0.681 bits per heavy atom. The van der Waals surface area contributed by atoms with Crippen molar-refractivity contribution in [3.63, 3.8) is 0 Å². The summed E-state index contributed by atoms with van der Waals surface area (Å²) in [5.74, 6) is -0.0748. The molecule has 0 heterocycles. The predicted molar refractivity (Wildman–Crippen MR) is 187 cm³/mol. The number of rotatable bonds is 11. The maximum Gasteiger partial charge on any atom is 0.305 e. The second-order valence-electron chi connectivity index (χ2n) is 10.9. The molecular formula is C40H31ClN2O4. The van der Waals surface area contributed by atoms with Gasteiger partial charge in [0, 0.05) is 16.3 Å². The largest absolute Gasteiger partial charge is 0.481 e. The van der Waals surface area contributed by atoms with E-state index in [0.717, 1.165) is 33.7 Å². The highest BCUT2D eigenvalue weighted by molar-refractivity contribution is 6.31. The molecule has 0 aliphatic rings. The molecule has 0 aliphatic carbocycles. The fourth-order valence-electron chi connectivity index (χ4n) is 5.31. The minimum Gasteiger partial charge on any atom is -0.481 e. The second-order valence-corrected chi connectivity index (χ2v) is 11.4. The number of halogens is 1. The van der Waals surface area contributed by atoms with Crippen LogP contribution >= 0.6 is 11.6 Å². The zero-order chi connectivity index (χ0) is 32.6. The molecule has 0 saturated heterocycles. The van der Waals surface area contributed by atoms with Crippen LogP contribution in [0.25, 0.3) is 22.3 Å². The lowest BCUT2D eigenvalue weighted by molar-refractivity contribution is -0.137. The zero-order valence-corrected chi connectivity index (χ0v) is 26.0. The van der Waals surface area contributed by atoms with Gasteiger partial charge in [-0.25, -0.2) is 0 Å². The lowest BCUT2D eigenvalue weighted by Crippen LogP contribution is -2.30. The van der Waals surface area contributed by atoms with Crippen LogP contribution in [0, 0.1) is 0 Å². The average Bonchev–Trinajstić information content (AvgIpc) is 3.10. The Balaban J connectivity index is 1.21. The number of hydrogen-bond donors (Lipinski definition) is 3. The molecule has 0 saturated carbocycles.